The average Bonchev–Trinajstić information content (AvgIpc) is 2.46. The molecule has 2 rings (SSSR count). The number of carbonyl (C=O) groups excluding carboxylic acids is 2. The van der Waals surface area contributed by atoms with Gasteiger partial charge in [-0.15, -0.1) is 0 Å². The van der Waals surface area contributed by atoms with Crippen LogP contribution in [-0.2, 0) is 0 Å². The molecule has 0 spiro atoms. The van der Waals surface area contributed by atoms with Crippen LogP contribution in [0.4, 0.5) is 4.39 Å². The van der Waals surface area contributed by atoms with E-state index in [1.165, 1.54) is 24.3 Å². The lowest BCUT2D eigenvalue weighted by atomic mass is 10.0. The summed E-state index contributed by atoms with van der Waals surface area (Å²) in [4.78, 5) is 22.7. The molecule has 0 radical (unpaired) electrons. The minimum Gasteiger partial charge on any atom is -0.298 e. The molecule has 0 unspecified atom stereocenters. The zero-order chi connectivity index (χ0) is 13.7. The van der Waals surface area contributed by atoms with Gasteiger partial charge < -0.3 is 0 Å². The van der Waals surface area contributed by atoms with Crippen molar-refractivity contribution in [3.8, 4) is 11.8 Å². The molecule has 0 heterocycles. The Morgan fingerprint density at radius 1 is 1.05 bits per heavy atom. The molecule has 0 saturated heterocycles. The second kappa shape index (κ2) is 5.74. The van der Waals surface area contributed by atoms with Gasteiger partial charge in [0, 0.05) is 16.7 Å². The second-order valence-corrected chi connectivity index (χ2v) is 3.79. The van der Waals surface area contributed by atoms with Gasteiger partial charge in [-0.05, 0) is 36.3 Å². The van der Waals surface area contributed by atoms with Crippen molar-refractivity contribution < 1.29 is 14.0 Å². The van der Waals surface area contributed by atoms with Gasteiger partial charge in [0.15, 0.2) is 6.29 Å². The van der Waals surface area contributed by atoms with Crippen molar-refractivity contribution in [3.05, 3.63) is 71.0 Å². The van der Waals surface area contributed by atoms with Crippen LogP contribution in [0.1, 0.15) is 26.3 Å². The fraction of sp³-hybridized carbons (Fsp3) is 0. The number of ketones is 1. The van der Waals surface area contributed by atoms with E-state index in [0.29, 0.717) is 17.4 Å². The maximum atomic E-state index is 12.7. The van der Waals surface area contributed by atoms with Crippen molar-refractivity contribution in [1.82, 2.24) is 0 Å². The first-order chi connectivity index (χ1) is 9.20. The van der Waals surface area contributed by atoms with Gasteiger partial charge in [0.25, 0.3) is 0 Å². The van der Waals surface area contributed by atoms with Crippen molar-refractivity contribution in [2.45, 2.75) is 0 Å². The van der Waals surface area contributed by atoms with Crippen molar-refractivity contribution in [2.24, 2.45) is 0 Å². The van der Waals surface area contributed by atoms with Crippen LogP contribution in [0.5, 0.6) is 0 Å². The molecular weight excluding hydrogens is 243 g/mol. The van der Waals surface area contributed by atoms with Gasteiger partial charge in [-0.3, -0.25) is 9.59 Å². The minimum atomic E-state index is -0.438. The third-order valence-electron chi connectivity index (χ3n) is 2.50. The van der Waals surface area contributed by atoms with E-state index in [1.807, 2.05) is 0 Å². The van der Waals surface area contributed by atoms with Crippen LogP contribution in [0, 0.1) is 17.7 Å². The summed E-state index contributed by atoms with van der Waals surface area (Å²) < 4.78 is 12.7. The molecular formula is C16H9FO2. The first-order valence-corrected chi connectivity index (χ1v) is 5.57. The Morgan fingerprint density at radius 2 is 1.74 bits per heavy atom. The van der Waals surface area contributed by atoms with E-state index < -0.39 is 5.78 Å². The molecule has 0 aliphatic rings. The molecule has 0 aliphatic carbocycles. The molecule has 0 aliphatic heterocycles. The van der Waals surface area contributed by atoms with Crippen molar-refractivity contribution in [1.29, 1.82) is 0 Å². The minimum absolute atomic E-state index is 0.270. The van der Waals surface area contributed by atoms with Crippen molar-refractivity contribution >= 4 is 12.1 Å². The molecule has 0 bridgehead atoms. The summed E-state index contributed by atoms with van der Waals surface area (Å²) in [5.41, 5.74) is 1.12. The smallest absolute Gasteiger partial charge is 0.236 e. The highest BCUT2D eigenvalue weighted by molar-refractivity contribution is 6.13. The molecule has 92 valence electrons. The molecule has 2 aromatic rings. The first kappa shape index (κ1) is 12.7. The normalized spacial score (nSPS) is 9.32. The fourth-order valence-electron chi connectivity index (χ4n) is 1.54. The highest BCUT2D eigenvalue weighted by Crippen LogP contribution is 2.07. The number of hydrogen-bond donors (Lipinski definition) is 0. The van der Waals surface area contributed by atoms with E-state index in [0.717, 1.165) is 0 Å². The zero-order valence-corrected chi connectivity index (χ0v) is 9.89. The summed E-state index contributed by atoms with van der Waals surface area (Å²) >= 11 is 0. The molecule has 0 saturated carbocycles. The highest BCUT2D eigenvalue weighted by atomic mass is 19.1. The number of Topliss-reactive ketones (excluding diaryl/α,β-unsaturated/α-hetero) is 1. The molecule has 0 aromatic heterocycles. The van der Waals surface area contributed by atoms with Crippen LogP contribution in [-0.4, -0.2) is 12.1 Å². The monoisotopic (exact) mass is 252 g/mol. The van der Waals surface area contributed by atoms with E-state index in [1.54, 1.807) is 24.3 Å². The van der Waals surface area contributed by atoms with Crippen molar-refractivity contribution in [3.63, 3.8) is 0 Å². The van der Waals surface area contributed by atoms with Crippen LogP contribution >= 0.6 is 0 Å². The number of aldehydes is 1. The molecule has 0 N–H and O–H groups in total. The standard InChI is InChI=1S/C16H9FO2/c17-14-8-5-12(6-9-14)7-10-16(19)15-4-2-1-3-13(15)11-18/h1-6,8-9,11H. The van der Waals surface area contributed by atoms with Gasteiger partial charge >= 0.3 is 0 Å². The van der Waals surface area contributed by atoms with E-state index in [9.17, 15) is 14.0 Å². The number of benzene rings is 2. The molecule has 2 aromatic carbocycles. The predicted molar refractivity (Wildman–Crippen MR) is 69.4 cm³/mol. The van der Waals surface area contributed by atoms with Crippen LogP contribution < -0.4 is 0 Å². The summed E-state index contributed by atoms with van der Waals surface area (Å²) in [6.07, 6.45) is 0.618. The topological polar surface area (TPSA) is 34.1 Å². The third-order valence-corrected chi connectivity index (χ3v) is 2.50. The van der Waals surface area contributed by atoms with Gasteiger partial charge in [0.2, 0.25) is 5.78 Å². The molecule has 0 fully saturated rings. The largest absolute Gasteiger partial charge is 0.298 e. The quantitative estimate of drug-likeness (QED) is 0.468. The fourth-order valence-corrected chi connectivity index (χ4v) is 1.54. The Balaban J connectivity index is 2.27. The van der Waals surface area contributed by atoms with E-state index in [4.69, 9.17) is 0 Å². The molecule has 2 nitrogen and oxygen atoms in total. The lowest BCUT2D eigenvalue weighted by Gasteiger charge is -1.97. The third kappa shape index (κ3) is 3.14. The van der Waals surface area contributed by atoms with Gasteiger partial charge in [0.1, 0.15) is 5.82 Å². The van der Waals surface area contributed by atoms with Crippen LogP contribution in [0.25, 0.3) is 0 Å². The van der Waals surface area contributed by atoms with Gasteiger partial charge in [-0.1, -0.05) is 24.1 Å². The maximum Gasteiger partial charge on any atom is 0.236 e. The Labute approximate surface area is 109 Å². The lowest BCUT2D eigenvalue weighted by Crippen LogP contribution is -2.00. The van der Waals surface area contributed by atoms with E-state index in [-0.39, 0.29) is 11.4 Å². The Kier molecular flexibility index (Phi) is 3.84. The number of halogens is 1. The van der Waals surface area contributed by atoms with E-state index >= 15 is 0 Å². The Hall–Kier alpha value is -2.73. The van der Waals surface area contributed by atoms with Gasteiger partial charge in [0.05, 0.1) is 0 Å². The van der Waals surface area contributed by atoms with Crippen LogP contribution in [0.3, 0.4) is 0 Å². The Morgan fingerprint density at radius 3 is 2.42 bits per heavy atom. The molecule has 0 amide bonds. The summed E-state index contributed by atoms with van der Waals surface area (Å²) in [7, 11) is 0. The predicted octanol–water partition coefficient (Wildman–Crippen LogP) is 2.87. The maximum absolute atomic E-state index is 12.7. The van der Waals surface area contributed by atoms with E-state index in [2.05, 4.69) is 11.8 Å². The lowest BCUT2D eigenvalue weighted by molar-refractivity contribution is 0.104. The van der Waals surface area contributed by atoms with Crippen molar-refractivity contribution in [2.75, 3.05) is 0 Å². The van der Waals surface area contributed by atoms with Gasteiger partial charge in [-0.25, -0.2) is 4.39 Å². The van der Waals surface area contributed by atoms with Crippen LogP contribution in [0.2, 0.25) is 0 Å². The molecule has 19 heavy (non-hydrogen) atoms. The summed E-state index contributed by atoms with van der Waals surface area (Å²) in [6.45, 7) is 0. The van der Waals surface area contributed by atoms with Gasteiger partial charge in [-0.2, -0.15) is 0 Å². The second-order valence-electron chi connectivity index (χ2n) is 3.79. The number of hydrogen-bond acceptors (Lipinski definition) is 2. The first-order valence-electron chi connectivity index (χ1n) is 5.57. The molecule has 0 atom stereocenters. The SMILES string of the molecule is O=Cc1ccccc1C(=O)C#Cc1ccc(F)cc1. The summed E-state index contributed by atoms with van der Waals surface area (Å²) in [6, 6.07) is 12.0. The Bertz CT molecular complexity index is 676. The number of carbonyl (C=O) groups is 2. The zero-order valence-electron chi connectivity index (χ0n) is 9.89. The molecule has 3 heteroatoms. The highest BCUT2D eigenvalue weighted by Gasteiger charge is 2.07. The average molecular weight is 252 g/mol. The summed E-state index contributed by atoms with van der Waals surface area (Å²) in [5.74, 6) is 4.28. The number of rotatable bonds is 2. The summed E-state index contributed by atoms with van der Waals surface area (Å²) in [5, 5.41) is 0. The van der Waals surface area contributed by atoms with Crippen LogP contribution in [0.15, 0.2) is 48.5 Å².